The van der Waals surface area contributed by atoms with E-state index in [-0.39, 0.29) is 5.75 Å². The van der Waals surface area contributed by atoms with Gasteiger partial charge in [-0.1, -0.05) is 26.2 Å². The molecule has 0 spiro atoms. The van der Waals surface area contributed by atoms with Crippen molar-refractivity contribution in [2.24, 2.45) is 0 Å². The molecule has 0 amide bonds. The molecule has 1 atom stereocenters. The highest BCUT2D eigenvalue weighted by atomic mass is 19.3. The molecule has 1 N–H and O–H groups in total. The number of unbranched alkanes of at least 4 members (excludes halogenated alkanes) is 2. The quantitative estimate of drug-likeness (QED) is 0.683. The summed E-state index contributed by atoms with van der Waals surface area (Å²) in [6, 6.07) is 7.00. The van der Waals surface area contributed by atoms with Gasteiger partial charge in [-0.3, -0.25) is 0 Å². The normalized spacial score (nSPS) is 12.5. The average Bonchev–Trinajstić information content (AvgIpc) is 2.31. The van der Waals surface area contributed by atoms with E-state index in [2.05, 4.69) is 23.9 Å². The summed E-state index contributed by atoms with van der Waals surface area (Å²) in [6.45, 7) is 1.54. The summed E-state index contributed by atoms with van der Waals surface area (Å²) in [6.07, 6.45) is 4.78. The Morgan fingerprint density at radius 2 is 1.83 bits per heavy atom. The van der Waals surface area contributed by atoms with Crippen molar-refractivity contribution in [3.05, 3.63) is 24.3 Å². The fourth-order valence-electron chi connectivity index (χ4n) is 1.79. The molecule has 2 nitrogen and oxygen atoms in total. The lowest BCUT2D eigenvalue weighted by Crippen LogP contribution is -2.14. The molecule has 0 aliphatic rings. The summed E-state index contributed by atoms with van der Waals surface area (Å²) in [7, 11) is 0. The fourth-order valence-corrected chi connectivity index (χ4v) is 1.79. The van der Waals surface area contributed by atoms with Gasteiger partial charge in [-0.2, -0.15) is 8.78 Å². The maximum Gasteiger partial charge on any atom is 0.387 e. The second-order valence-corrected chi connectivity index (χ2v) is 4.44. The van der Waals surface area contributed by atoms with Crippen LogP contribution in [0, 0.1) is 0 Å². The Bertz CT molecular complexity index is 327. The summed E-state index contributed by atoms with van der Waals surface area (Å²) in [4.78, 5) is 0. The standard InChI is InChI=1S/C14H21F2NO/c1-3-4-5-6-11(2)17-12-7-9-13(10-8-12)18-14(15)16/h7-11,14,17H,3-6H2,1-2H3. The third-order valence-corrected chi connectivity index (χ3v) is 2.73. The van der Waals surface area contributed by atoms with Gasteiger partial charge in [0.25, 0.3) is 0 Å². The van der Waals surface area contributed by atoms with Gasteiger partial charge in [0.05, 0.1) is 0 Å². The molecule has 0 heterocycles. The van der Waals surface area contributed by atoms with Gasteiger partial charge in [0.1, 0.15) is 5.75 Å². The van der Waals surface area contributed by atoms with Crippen LogP contribution in [0.25, 0.3) is 0 Å². The summed E-state index contributed by atoms with van der Waals surface area (Å²) in [5, 5.41) is 3.34. The number of hydrogen-bond donors (Lipinski definition) is 1. The van der Waals surface area contributed by atoms with Crippen molar-refractivity contribution in [2.45, 2.75) is 52.2 Å². The first-order chi connectivity index (χ1) is 8.61. The largest absolute Gasteiger partial charge is 0.435 e. The monoisotopic (exact) mass is 257 g/mol. The Kier molecular flexibility index (Phi) is 6.47. The minimum atomic E-state index is -2.77. The number of nitrogens with one attached hydrogen (secondary N) is 1. The van der Waals surface area contributed by atoms with Gasteiger partial charge in [-0.15, -0.1) is 0 Å². The molecule has 1 unspecified atom stereocenters. The van der Waals surface area contributed by atoms with Crippen LogP contribution in [0.15, 0.2) is 24.3 Å². The number of anilines is 1. The van der Waals surface area contributed by atoms with E-state index in [9.17, 15) is 8.78 Å². The van der Waals surface area contributed by atoms with E-state index >= 15 is 0 Å². The van der Waals surface area contributed by atoms with Crippen molar-refractivity contribution in [3.63, 3.8) is 0 Å². The molecule has 0 saturated carbocycles. The SMILES string of the molecule is CCCCCC(C)Nc1ccc(OC(F)F)cc1. The van der Waals surface area contributed by atoms with Crippen LogP contribution in [-0.4, -0.2) is 12.7 Å². The van der Waals surface area contributed by atoms with Crippen molar-refractivity contribution in [1.29, 1.82) is 0 Å². The molecule has 0 bridgehead atoms. The molecule has 0 aliphatic carbocycles. The third kappa shape index (κ3) is 5.84. The summed E-state index contributed by atoms with van der Waals surface area (Å²) < 4.78 is 28.2. The van der Waals surface area contributed by atoms with Gasteiger partial charge in [-0.05, 0) is 37.6 Å². The summed E-state index contributed by atoms with van der Waals surface area (Å²) in [5.74, 6) is 0.189. The molecule has 0 aromatic heterocycles. The van der Waals surface area contributed by atoms with Crippen LogP contribution in [0.2, 0.25) is 0 Å². The molecular formula is C14H21F2NO. The van der Waals surface area contributed by atoms with Crippen LogP contribution >= 0.6 is 0 Å². The highest BCUT2D eigenvalue weighted by Crippen LogP contribution is 2.19. The van der Waals surface area contributed by atoms with Gasteiger partial charge in [-0.25, -0.2) is 0 Å². The molecular weight excluding hydrogens is 236 g/mol. The molecule has 4 heteroatoms. The van der Waals surface area contributed by atoms with Crippen LogP contribution in [0.1, 0.15) is 39.5 Å². The second kappa shape index (κ2) is 7.90. The minimum absolute atomic E-state index is 0.189. The van der Waals surface area contributed by atoms with Crippen LogP contribution in [0.4, 0.5) is 14.5 Å². The van der Waals surface area contributed by atoms with E-state index in [1.54, 1.807) is 24.3 Å². The van der Waals surface area contributed by atoms with E-state index in [4.69, 9.17) is 0 Å². The van der Waals surface area contributed by atoms with Gasteiger partial charge < -0.3 is 10.1 Å². The first kappa shape index (κ1) is 14.7. The molecule has 1 rings (SSSR count). The zero-order valence-corrected chi connectivity index (χ0v) is 11.0. The Morgan fingerprint density at radius 3 is 2.39 bits per heavy atom. The average molecular weight is 257 g/mol. The minimum Gasteiger partial charge on any atom is -0.435 e. The third-order valence-electron chi connectivity index (χ3n) is 2.73. The topological polar surface area (TPSA) is 21.3 Å². The molecule has 0 aliphatic heterocycles. The summed E-state index contributed by atoms with van der Waals surface area (Å²) in [5.41, 5.74) is 0.931. The van der Waals surface area contributed by atoms with Crippen molar-refractivity contribution in [3.8, 4) is 5.75 Å². The Labute approximate surface area is 107 Å². The number of alkyl halides is 2. The van der Waals surface area contributed by atoms with E-state index in [1.165, 1.54) is 19.3 Å². The maximum atomic E-state index is 12.0. The fraction of sp³-hybridized carbons (Fsp3) is 0.571. The van der Waals surface area contributed by atoms with E-state index in [0.717, 1.165) is 12.1 Å². The van der Waals surface area contributed by atoms with Crippen LogP contribution in [0.3, 0.4) is 0 Å². The summed E-state index contributed by atoms with van der Waals surface area (Å²) >= 11 is 0. The van der Waals surface area contributed by atoms with Gasteiger partial charge in [0.2, 0.25) is 0 Å². The smallest absolute Gasteiger partial charge is 0.387 e. The molecule has 0 saturated heterocycles. The van der Waals surface area contributed by atoms with Crippen molar-refractivity contribution in [1.82, 2.24) is 0 Å². The van der Waals surface area contributed by atoms with E-state index in [0.29, 0.717) is 6.04 Å². The number of ether oxygens (including phenoxy) is 1. The second-order valence-electron chi connectivity index (χ2n) is 4.44. The van der Waals surface area contributed by atoms with Crippen LogP contribution < -0.4 is 10.1 Å². The first-order valence-corrected chi connectivity index (χ1v) is 6.43. The Balaban J connectivity index is 2.38. The highest BCUT2D eigenvalue weighted by molar-refractivity contribution is 5.46. The Morgan fingerprint density at radius 1 is 1.17 bits per heavy atom. The Hall–Kier alpha value is -1.32. The molecule has 18 heavy (non-hydrogen) atoms. The molecule has 1 aromatic rings. The van der Waals surface area contributed by atoms with E-state index in [1.807, 2.05) is 0 Å². The van der Waals surface area contributed by atoms with Gasteiger partial charge in [0.15, 0.2) is 0 Å². The lowest BCUT2D eigenvalue weighted by molar-refractivity contribution is -0.0498. The molecule has 1 aromatic carbocycles. The first-order valence-electron chi connectivity index (χ1n) is 6.43. The number of hydrogen-bond acceptors (Lipinski definition) is 2. The predicted octanol–water partition coefficient (Wildman–Crippen LogP) is 4.67. The number of rotatable bonds is 8. The van der Waals surface area contributed by atoms with Crippen molar-refractivity contribution in [2.75, 3.05) is 5.32 Å². The molecule has 0 fully saturated rings. The van der Waals surface area contributed by atoms with Gasteiger partial charge in [0, 0.05) is 11.7 Å². The van der Waals surface area contributed by atoms with Crippen molar-refractivity contribution < 1.29 is 13.5 Å². The number of benzene rings is 1. The van der Waals surface area contributed by atoms with Crippen LogP contribution in [0.5, 0.6) is 5.75 Å². The molecule has 0 radical (unpaired) electrons. The van der Waals surface area contributed by atoms with E-state index < -0.39 is 6.61 Å². The molecule has 102 valence electrons. The van der Waals surface area contributed by atoms with Crippen LogP contribution in [-0.2, 0) is 0 Å². The van der Waals surface area contributed by atoms with Crippen molar-refractivity contribution >= 4 is 5.69 Å². The highest BCUT2D eigenvalue weighted by Gasteiger charge is 2.05. The number of halogens is 2. The lowest BCUT2D eigenvalue weighted by Gasteiger charge is -2.15. The maximum absolute atomic E-state index is 12.0. The predicted molar refractivity (Wildman–Crippen MR) is 70.3 cm³/mol. The lowest BCUT2D eigenvalue weighted by atomic mass is 10.1. The van der Waals surface area contributed by atoms with Gasteiger partial charge >= 0.3 is 6.61 Å². The zero-order chi connectivity index (χ0) is 13.4. The zero-order valence-electron chi connectivity index (χ0n) is 11.0.